The van der Waals surface area contributed by atoms with Crippen molar-refractivity contribution in [3.8, 4) is 11.5 Å². The molecule has 1 N–H and O–H groups in total. The van der Waals surface area contributed by atoms with Crippen molar-refractivity contribution in [1.82, 2.24) is 4.98 Å². The molecule has 1 heterocycles. The largest absolute Gasteiger partial charge is 0.493 e. The van der Waals surface area contributed by atoms with E-state index >= 15 is 0 Å². The minimum atomic E-state index is -4.43. The maximum atomic E-state index is 12.6. The molecule has 1 aromatic heterocycles. The third-order valence-corrected chi connectivity index (χ3v) is 5.15. The predicted molar refractivity (Wildman–Crippen MR) is 120 cm³/mol. The highest BCUT2D eigenvalue weighted by molar-refractivity contribution is 9.10. The summed E-state index contributed by atoms with van der Waals surface area (Å²) in [5.41, 5.74) is 3.45. The van der Waals surface area contributed by atoms with Gasteiger partial charge in [0.1, 0.15) is 12.4 Å². The molecule has 0 aliphatic heterocycles. The fourth-order valence-electron chi connectivity index (χ4n) is 2.49. The lowest BCUT2D eigenvalue weighted by Gasteiger charge is -2.13. The summed E-state index contributed by atoms with van der Waals surface area (Å²) in [5.74, 6) is 1.23. The predicted octanol–water partition coefficient (Wildman–Crippen LogP) is 6.66. The van der Waals surface area contributed by atoms with Crippen LogP contribution < -0.4 is 14.9 Å². The van der Waals surface area contributed by atoms with E-state index in [9.17, 15) is 13.2 Å². The van der Waals surface area contributed by atoms with Gasteiger partial charge >= 0.3 is 6.18 Å². The van der Waals surface area contributed by atoms with Crippen molar-refractivity contribution in [2.75, 3.05) is 12.5 Å². The van der Waals surface area contributed by atoms with Gasteiger partial charge < -0.3 is 9.47 Å². The van der Waals surface area contributed by atoms with Gasteiger partial charge in [-0.3, -0.25) is 5.43 Å². The van der Waals surface area contributed by atoms with Crippen LogP contribution in [0.1, 0.15) is 16.7 Å². The summed E-state index contributed by atoms with van der Waals surface area (Å²) >= 11 is 6.87. The molecule has 0 radical (unpaired) electrons. The van der Waals surface area contributed by atoms with Gasteiger partial charge in [-0.25, -0.2) is 4.98 Å². The van der Waals surface area contributed by atoms with Crippen LogP contribution in [-0.2, 0) is 12.8 Å². The van der Waals surface area contributed by atoms with Gasteiger partial charge in [-0.05, 0) is 63.5 Å². The van der Waals surface area contributed by atoms with Crippen LogP contribution in [0.4, 0.5) is 19.0 Å². The highest BCUT2D eigenvalue weighted by Gasteiger charge is 2.30. The number of halogens is 5. The van der Waals surface area contributed by atoms with Crippen LogP contribution in [0.15, 0.2) is 68.8 Å². The molecular formula is C21H16Br2F3N3O2. The molecule has 0 amide bonds. The lowest BCUT2D eigenvalue weighted by Crippen LogP contribution is -2.05. The normalized spacial score (nSPS) is 11.5. The molecule has 0 bridgehead atoms. The molecule has 0 unspecified atom stereocenters. The summed E-state index contributed by atoms with van der Waals surface area (Å²) in [6.07, 6.45) is -2.20. The van der Waals surface area contributed by atoms with Crippen LogP contribution in [0.25, 0.3) is 0 Å². The highest BCUT2D eigenvalue weighted by atomic mass is 79.9. The van der Waals surface area contributed by atoms with Gasteiger partial charge in [0.2, 0.25) is 0 Å². The lowest BCUT2D eigenvalue weighted by atomic mass is 10.2. The summed E-state index contributed by atoms with van der Waals surface area (Å²) < 4.78 is 50.7. The van der Waals surface area contributed by atoms with Crippen molar-refractivity contribution in [1.29, 1.82) is 0 Å². The first kappa shape index (κ1) is 23.1. The molecule has 0 aliphatic rings. The Morgan fingerprint density at radius 2 is 1.84 bits per heavy atom. The number of nitrogens with zero attached hydrogens (tertiary/aromatic N) is 2. The highest BCUT2D eigenvalue weighted by Crippen LogP contribution is 2.37. The lowest BCUT2D eigenvalue weighted by molar-refractivity contribution is -0.137. The zero-order chi connectivity index (χ0) is 22.4. The van der Waals surface area contributed by atoms with E-state index in [0.717, 1.165) is 22.3 Å². The zero-order valence-electron chi connectivity index (χ0n) is 16.1. The third kappa shape index (κ3) is 6.44. The Labute approximate surface area is 193 Å². The van der Waals surface area contributed by atoms with Crippen LogP contribution in [-0.4, -0.2) is 18.3 Å². The van der Waals surface area contributed by atoms with Crippen LogP contribution >= 0.6 is 31.9 Å². The Balaban J connectivity index is 1.68. The van der Waals surface area contributed by atoms with Crippen molar-refractivity contribution in [2.24, 2.45) is 5.10 Å². The summed E-state index contributed by atoms with van der Waals surface area (Å²) in [6.45, 7) is 0.358. The monoisotopic (exact) mass is 557 g/mol. The second-order valence-electron chi connectivity index (χ2n) is 6.25. The summed E-state index contributed by atoms with van der Waals surface area (Å²) in [6, 6.07) is 13.4. The second-order valence-corrected chi connectivity index (χ2v) is 8.02. The van der Waals surface area contributed by atoms with E-state index in [1.54, 1.807) is 12.1 Å². The van der Waals surface area contributed by atoms with Crippen LogP contribution in [0.3, 0.4) is 0 Å². The minimum Gasteiger partial charge on any atom is -0.493 e. The average molecular weight is 559 g/mol. The van der Waals surface area contributed by atoms with Gasteiger partial charge in [0.15, 0.2) is 11.5 Å². The smallest absolute Gasteiger partial charge is 0.417 e. The number of pyridine rings is 1. The number of hydrazone groups is 1. The fraction of sp³-hybridized carbons (Fsp3) is 0.143. The molecule has 0 saturated carbocycles. The fourth-order valence-corrected chi connectivity index (χ4v) is 3.33. The molecule has 0 fully saturated rings. The molecular weight excluding hydrogens is 543 g/mol. The van der Waals surface area contributed by atoms with Crippen molar-refractivity contribution in [2.45, 2.75) is 12.8 Å². The molecule has 10 heteroatoms. The van der Waals surface area contributed by atoms with E-state index in [2.05, 4.69) is 47.4 Å². The number of methoxy groups -OCH3 is 1. The van der Waals surface area contributed by atoms with Crippen LogP contribution in [0, 0.1) is 0 Å². The SMILES string of the molecule is COc1cc(/C=N\Nc2ccc(C(F)(F)F)cn2)cc(Br)c1OCc1ccc(Br)cc1. The maximum Gasteiger partial charge on any atom is 0.417 e. The number of rotatable bonds is 7. The zero-order valence-corrected chi connectivity index (χ0v) is 19.3. The first-order valence-corrected chi connectivity index (χ1v) is 10.4. The molecule has 162 valence electrons. The Morgan fingerprint density at radius 1 is 1.10 bits per heavy atom. The van der Waals surface area contributed by atoms with E-state index in [-0.39, 0.29) is 5.82 Å². The topological polar surface area (TPSA) is 55.7 Å². The first-order valence-electron chi connectivity index (χ1n) is 8.83. The molecule has 2 aromatic carbocycles. The summed E-state index contributed by atoms with van der Waals surface area (Å²) in [5, 5.41) is 4.01. The molecule has 3 aromatic rings. The van der Waals surface area contributed by atoms with Gasteiger partial charge in [0, 0.05) is 10.7 Å². The standard InChI is InChI=1S/C21H16Br2F3N3O2/c1-30-18-9-14(10-28-29-19-7-4-15(11-27-19)21(24,25)26)8-17(23)20(18)31-12-13-2-5-16(22)6-3-13/h2-11H,12H2,1H3,(H,27,29)/b28-10-. The number of alkyl halides is 3. The van der Waals surface area contributed by atoms with E-state index in [1.807, 2.05) is 24.3 Å². The minimum absolute atomic E-state index is 0.185. The molecule has 0 aliphatic carbocycles. The van der Waals surface area contributed by atoms with Gasteiger partial charge in [0.05, 0.1) is 23.4 Å². The molecule has 5 nitrogen and oxygen atoms in total. The summed E-state index contributed by atoms with van der Waals surface area (Å²) in [4.78, 5) is 3.70. The number of anilines is 1. The Morgan fingerprint density at radius 3 is 2.45 bits per heavy atom. The molecule has 0 spiro atoms. The maximum absolute atomic E-state index is 12.6. The van der Waals surface area contributed by atoms with E-state index < -0.39 is 11.7 Å². The van der Waals surface area contributed by atoms with Gasteiger partial charge in [-0.1, -0.05) is 28.1 Å². The average Bonchev–Trinajstić information content (AvgIpc) is 2.73. The third-order valence-electron chi connectivity index (χ3n) is 4.03. The molecule has 0 saturated heterocycles. The van der Waals surface area contributed by atoms with Gasteiger partial charge in [-0.15, -0.1) is 0 Å². The van der Waals surface area contributed by atoms with E-state index in [1.165, 1.54) is 19.4 Å². The Hall–Kier alpha value is -2.59. The number of nitrogens with one attached hydrogen (secondary N) is 1. The first-order chi connectivity index (χ1) is 14.8. The number of benzene rings is 2. The number of ether oxygens (including phenoxy) is 2. The number of hydrogen-bond donors (Lipinski definition) is 1. The number of hydrogen-bond acceptors (Lipinski definition) is 5. The molecule has 3 rings (SSSR count). The van der Waals surface area contributed by atoms with Crippen molar-refractivity contribution < 1.29 is 22.6 Å². The van der Waals surface area contributed by atoms with Crippen LogP contribution in [0.2, 0.25) is 0 Å². The van der Waals surface area contributed by atoms with E-state index in [4.69, 9.17) is 9.47 Å². The Bertz CT molecular complexity index is 1060. The summed E-state index contributed by atoms with van der Waals surface area (Å²) in [7, 11) is 1.53. The van der Waals surface area contributed by atoms with Gasteiger partial charge in [0.25, 0.3) is 0 Å². The van der Waals surface area contributed by atoms with Crippen molar-refractivity contribution in [3.63, 3.8) is 0 Å². The van der Waals surface area contributed by atoms with Crippen molar-refractivity contribution >= 4 is 43.9 Å². The van der Waals surface area contributed by atoms with Gasteiger partial charge in [-0.2, -0.15) is 18.3 Å². The second kappa shape index (κ2) is 10.1. The van der Waals surface area contributed by atoms with Crippen LogP contribution in [0.5, 0.6) is 11.5 Å². The molecule has 31 heavy (non-hydrogen) atoms. The van der Waals surface area contributed by atoms with Crippen molar-refractivity contribution in [3.05, 3.63) is 80.4 Å². The number of aromatic nitrogens is 1. The quantitative estimate of drug-likeness (QED) is 0.260. The Kier molecular flexibility index (Phi) is 7.55. The van der Waals surface area contributed by atoms with E-state index in [0.29, 0.717) is 28.1 Å². The molecule has 0 atom stereocenters.